The predicted molar refractivity (Wildman–Crippen MR) is 103 cm³/mol. The van der Waals surface area contributed by atoms with Gasteiger partial charge in [0.2, 0.25) is 0 Å². The molecule has 1 atom stereocenters. The zero-order valence-corrected chi connectivity index (χ0v) is 17.2. The van der Waals surface area contributed by atoms with Crippen LogP contribution in [-0.4, -0.2) is 49.4 Å². The molecule has 5 nitrogen and oxygen atoms in total. The number of piperidine rings is 1. The monoisotopic (exact) mass is 412 g/mol. The maximum atomic E-state index is 12.0. The molecule has 1 heterocycles. The summed E-state index contributed by atoms with van der Waals surface area (Å²) < 4.78 is 11.8. The maximum absolute atomic E-state index is 12.0. The summed E-state index contributed by atoms with van der Waals surface area (Å²) in [7, 11) is 1.69. The van der Waals surface area contributed by atoms with Gasteiger partial charge >= 0.3 is 6.09 Å². The molecule has 1 saturated heterocycles. The van der Waals surface area contributed by atoms with Crippen molar-refractivity contribution >= 4 is 22.0 Å². The van der Waals surface area contributed by atoms with Crippen LogP contribution in [0.3, 0.4) is 0 Å². The van der Waals surface area contributed by atoms with E-state index < -0.39 is 5.60 Å². The van der Waals surface area contributed by atoms with Gasteiger partial charge in [-0.1, -0.05) is 15.9 Å². The number of carbonyl (C=O) groups is 1. The van der Waals surface area contributed by atoms with E-state index in [2.05, 4.69) is 32.2 Å². The van der Waals surface area contributed by atoms with E-state index in [-0.39, 0.29) is 12.1 Å². The highest BCUT2D eigenvalue weighted by Gasteiger charge is 2.24. The number of nitrogens with one attached hydrogen (secondary N) is 1. The number of amides is 1. The molecule has 1 aliphatic rings. The lowest BCUT2D eigenvalue weighted by Crippen LogP contribution is -2.49. The molecule has 0 spiro atoms. The minimum absolute atomic E-state index is 0.150. The highest BCUT2D eigenvalue weighted by molar-refractivity contribution is 9.10. The first-order valence-corrected chi connectivity index (χ1v) is 9.60. The van der Waals surface area contributed by atoms with E-state index in [1.54, 1.807) is 7.11 Å². The summed E-state index contributed by atoms with van der Waals surface area (Å²) in [5, 5.41) is 3.00. The van der Waals surface area contributed by atoms with Crippen molar-refractivity contribution in [1.29, 1.82) is 0 Å². The van der Waals surface area contributed by atoms with Crippen LogP contribution >= 0.6 is 15.9 Å². The summed E-state index contributed by atoms with van der Waals surface area (Å²) >= 11 is 3.61. The average molecular weight is 413 g/mol. The Morgan fingerprint density at radius 2 is 2.16 bits per heavy atom. The molecule has 0 bridgehead atoms. The molecule has 0 radical (unpaired) electrons. The Labute approximate surface area is 159 Å². The fraction of sp³-hybridized carbons (Fsp3) is 0.632. The lowest BCUT2D eigenvalue weighted by atomic mass is 10.0. The van der Waals surface area contributed by atoms with Gasteiger partial charge in [0.25, 0.3) is 0 Å². The summed E-state index contributed by atoms with van der Waals surface area (Å²) in [4.78, 5) is 14.4. The van der Waals surface area contributed by atoms with Crippen molar-refractivity contribution in [2.75, 3.05) is 26.7 Å². The predicted octanol–water partition coefficient (Wildman–Crippen LogP) is 3.99. The molecule has 6 heteroatoms. The van der Waals surface area contributed by atoms with Crippen molar-refractivity contribution in [2.24, 2.45) is 0 Å². The molecule has 140 valence electrons. The van der Waals surface area contributed by atoms with Gasteiger partial charge in [0.15, 0.2) is 0 Å². The third-order valence-corrected chi connectivity index (χ3v) is 4.95. The molecule has 1 aliphatic heterocycles. The lowest BCUT2D eigenvalue weighted by Gasteiger charge is -2.33. The molecule has 1 fully saturated rings. The maximum Gasteiger partial charge on any atom is 0.407 e. The molecule has 1 N–H and O–H groups in total. The van der Waals surface area contributed by atoms with E-state index in [0.717, 1.165) is 49.1 Å². The Morgan fingerprint density at radius 1 is 1.40 bits per heavy atom. The molecular formula is C19H29BrN2O3. The second-order valence-electron chi connectivity index (χ2n) is 7.49. The van der Waals surface area contributed by atoms with Gasteiger partial charge in [-0.2, -0.15) is 0 Å². The molecule has 1 aromatic carbocycles. The standard InChI is InChI=1S/C19H29BrN2O3/c1-19(2,3)25-18(23)21-15-6-5-10-22(13-15)11-9-14-12-16(24-4)7-8-17(14)20/h7-8,12,15H,5-6,9-11,13H2,1-4H3,(H,21,23). The van der Waals surface area contributed by atoms with Gasteiger partial charge in [-0.15, -0.1) is 0 Å². The SMILES string of the molecule is COc1ccc(Br)c(CCN2CCCC(NC(=O)OC(C)(C)C)C2)c1. The molecule has 1 aromatic rings. The number of hydrogen-bond donors (Lipinski definition) is 1. The number of benzene rings is 1. The third kappa shape index (κ3) is 6.86. The van der Waals surface area contributed by atoms with E-state index in [1.807, 2.05) is 32.9 Å². The van der Waals surface area contributed by atoms with Crippen LogP contribution in [0.5, 0.6) is 5.75 Å². The number of likely N-dealkylation sites (tertiary alicyclic amines) is 1. The Bertz CT molecular complexity index is 587. The van der Waals surface area contributed by atoms with Gasteiger partial charge < -0.3 is 19.7 Å². The van der Waals surface area contributed by atoms with E-state index >= 15 is 0 Å². The molecule has 2 rings (SSSR count). The highest BCUT2D eigenvalue weighted by atomic mass is 79.9. The second-order valence-corrected chi connectivity index (χ2v) is 8.35. The number of halogens is 1. The van der Waals surface area contributed by atoms with E-state index in [9.17, 15) is 4.79 Å². The molecular weight excluding hydrogens is 384 g/mol. The molecule has 0 aliphatic carbocycles. The first-order valence-electron chi connectivity index (χ1n) is 8.81. The van der Waals surface area contributed by atoms with Crippen molar-refractivity contribution in [1.82, 2.24) is 10.2 Å². The zero-order chi connectivity index (χ0) is 18.4. The quantitative estimate of drug-likeness (QED) is 0.793. The summed E-state index contributed by atoms with van der Waals surface area (Å²) in [5.41, 5.74) is 0.776. The fourth-order valence-corrected chi connectivity index (χ4v) is 3.44. The smallest absolute Gasteiger partial charge is 0.407 e. The van der Waals surface area contributed by atoms with Crippen LogP contribution in [0.1, 0.15) is 39.2 Å². The van der Waals surface area contributed by atoms with Gasteiger partial charge in [-0.3, -0.25) is 0 Å². The van der Waals surface area contributed by atoms with E-state index in [0.29, 0.717) is 0 Å². The summed E-state index contributed by atoms with van der Waals surface area (Å²) in [6, 6.07) is 6.20. The number of methoxy groups -OCH3 is 1. The fourth-order valence-electron chi connectivity index (χ4n) is 3.00. The topological polar surface area (TPSA) is 50.8 Å². The van der Waals surface area contributed by atoms with Gasteiger partial charge in [-0.25, -0.2) is 4.79 Å². The zero-order valence-electron chi connectivity index (χ0n) is 15.6. The average Bonchev–Trinajstić information content (AvgIpc) is 2.52. The van der Waals surface area contributed by atoms with Crippen molar-refractivity contribution in [3.63, 3.8) is 0 Å². The van der Waals surface area contributed by atoms with Crippen LogP contribution < -0.4 is 10.1 Å². The van der Waals surface area contributed by atoms with Gasteiger partial charge in [0, 0.05) is 23.6 Å². The Morgan fingerprint density at radius 3 is 2.84 bits per heavy atom. The number of ether oxygens (including phenoxy) is 2. The van der Waals surface area contributed by atoms with Crippen molar-refractivity contribution < 1.29 is 14.3 Å². The lowest BCUT2D eigenvalue weighted by molar-refractivity contribution is 0.0472. The Balaban J connectivity index is 1.84. The molecule has 0 saturated carbocycles. The van der Waals surface area contributed by atoms with Gasteiger partial charge in [-0.05, 0) is 70.3 Å². The van der Waals surface area contributed by atoms with Crippen LogP contribution in [0, 0.1) is 0 Å². The van der Waals surface area contributed by atoms with E-state index in [1.165, 1.54) is 5.56 Å². The molecule has 25 heavy (non-hydrogen) atoms. The number of alkyl carbamates (subject to hydrolysis) is 1. The van der Waals surface area contributed by atoms with Gasteiger partial charge in [0.05, 0.1) is 7.11 Å². The van der Waals surface area contributed by atoms with Crippen LogP contribution in [-0.2, 0) is 11.2 Å². The van der Waals surface area contributed by atoms with E-state index in [4.69, 9.17) is 9.47 Å². The number of nitrogens with zero attached hydrogens (tertiary/aromatic N) is 1. The minimum atomic E-state index is -0.461. The highest BCUT2D eigenvalue weighted by Crippen LogP contribution is 2.23. The van der Waals surface area contributed by atoms with Crippen LogP contribution in [0.2, 0.25) is 0 Å². The molecule has 1 amide bonds. The van der Waals surface area contributed by atoms with Crippen LogP contribution in [0.15, 0.2) is 22.7 Å². The molecule has 0 aromatic heterocycles. The molecule has 1 unspecified atom stereocenters. The largest absolute Gasteiger partial charge is 0.497 e. The summed E-state index contributed by atoms with van der Waals surface area (Å²) in [6.07, 6.45) is 2.70. The second kappa shape index (κ2) is 8.90. The normalized spacial score (nSPS) is 18.7. The minimum Gasteiger partial charge on any atom is -0.497 e. The summed E-state index contributed by atoms with van der Waals surface area (Å²) in [5.74, 6) is 0.876. The van der Waals surface area contributed by atoms with Crippen molar-refractivity contribution in [3.8, 4) is 5.75 Å². The van der Waals surface area contributed by atoms with Crippen molar-refractivity contribution in [3.05, 3.63) is 28.2 Å². The van der Waals surface area contributed by atoms with Crippen molar-refractivity contribution in [2.45, 2.75) is 51.7 Å². The number of rotatable bonds is 5. The first kappa shape index (κ1) is 20.0. The third-order valence-electron chi connectivity index (χ3n) is 4.18. The number of carbonyl (C=O) groups excluding carboxylic acids is 1. The Kier molecular flexibility index (Phi) is 7.14. The Hall–Kier alpha value is -1.27. The van der Waals surface area contributed by atoms with Gasteiger partial charge in [0.1, 0.15) is 11.4 Å². The first-order chi connectivity index (χ1) is 11.8. The van der Waals surface area contributed by atoms with Crippen LogP contribution in [0.4, 0.5) is 4.79 Å². The van der Waals surface area contributed by atoms with Crippen LogP contribution in [0.25, 0.3) is 0 Å². The number of hydrogen-bond acceptors (Lipinski definition) is 4. The summed E-state index contributed by atoms with van der Waals surface area (Å²) in [6.45, 7) is 8.52.